The maximum Gasteiger partial charge on any atom is 0.305 e. The molecule has 0 fully saturated rings. The monoisotopic (exact) mass is 288 g/mol. The number of carbonyl (C=O) groups excluding carboxylic acids is 2. The molecule has 2 N–H and O–H groups in total. The quantitative estimate of drug-likeness (QED) is 0.656. The third kappa shape index (κ3) is 3.62. The lowest BCUT2D eigenvalue weighted by Crippen LogP contribution is -2.41. The number of amides is 2. The summed E-state index contributed by atoms with van der Waals surface area (Å²) in [7, 11) is 0. The first-order valence-electron chi connectivity index (χ1n) is 7.20. The molecular formula is C16H20N2O3. The molecular weight excluding hydrogens is 268 g/mol. The number of fused-ring (bicyclic) bond motifs is 1. The van der Waals surface area contributed by atoms with E-state index in [0.717, 1.165) is 30.2 Å². The molecule has 2 rings (SSSR count). The average molecular weight is 288 g/mol. The van der Waals surface area contributed by atoms with Crippen LogP contribution in [-0.2, 0) is 4.79 Å². The van der Waals surface area contributed by atoms with Crippen molar-refractivity contribution in [3.05, 3.63) is 35.6 Å². The van der Waals surface area contributed by atoms with Gasteiger partial charge in [0, 0.05) is 17.4 Å². The minimum absolute atomic E-state index is 0.189. The molecule has 21 heavy (non-hydrogen) atoms. The van der Waals surface area contributed by atoms with Crippen LogP contribution >= 0.6 is 0 Å². The molecule has 0 unspecified atom stereocenters. The maximum atomic E-state index is 12.0. The van der Waals surface area contributed by atoms with Crippen molar-refractivity contribution in [1.29, 1.82) is 0 Å². The van der Waals surface area contributed by atoms with E-state index < -0.39 is 5.91 Å². The molecule has 0 atom stereocenters. The van der Waals surface area contributed by atoms with E-state index in [1.54, 1.807) is 0 Å². The van der Waals surface area contributed by atoms with Crippen LogP contribution in [0.2, 0.25) is 0 Å². The van der Waals surface area contributed by atoms with Crippen LogP contribution in [0.15, 0.2) is 28.7 Å². The highest BCUT2D eigenvalue weighted by Crippen LogP contribution is 2.24. The third-order valence-electron chi connectivity index (χ3n) is 3.37. The van der Waals surface area contributed by atoms with Gasteiger partial charge in [0.05, 0.1) is 0 Å². The molecule has 0 radical (unpaired) electrons. The summed E-state index contributed by atoms with van der Waals surface area (Å²) in [6, 6.07) is 7.45. The Balaban J connectivity index is 1.96. The Kier molecular flexibility index (Phi) is 4.98. The summed E-state index contributed by atoms with van der Waals surface area (Å²) in [6.45, 7) is 3.90. The van der Waals surface area contributed by atoms with E-state index >= 15 is 0 Å². The second kappa shape index (κ2) is 6.92. The van der Waals surface area contributed by atoms with Gasteiger partial charge in [-0.3, -0.25) is 20.4 Å². The molecule has 1 heterocycles. The number of hydrazine groups is 1. The van der Waals surface area contributed by atoms with E-state index in [0.29, 0.717) is 12.0 Å². The number of unbranched alkanes of at least 4 members (excludes halogenated alkanes) is 2. The van der Waals surface area contributed by atoms with Crippen molar-refractivity contribution in [2.75, 3.05) is 0 Å². The van der Waals surface area contributed by atoms with Gasteiger partial charge >= 0.3 is 5.91 Å². The fourth-order valence-corrected chi connectivity index (χ4v) is 2.17. The smallest absolute Gasteiger partial charge is 0.305 e. The van der Waals surface area contributed by atoms with Gasteiger partial charge in [-0.05, 0) is 19.4 Å². The minimum atomic E-state index is -0.437. The summed E-state index contributed by atoms with van der Waals surface area (Å²) < 4.78 is 5.53. The van der Waals surface area contributed by atoms with Crippen LogP contribution < -0.4 is 10.9 Å². The van der Waals surface area contributed by atoms with Gasteiger partial charge in [0.25, 0.3) is 0 Å². The molecule has 0 aliphatic rings. The predicted molar refractivity (Wildman–Crippen MR) is 80.7 cm³/mol. The number of hydrogen-bond donors (Lipinski definition) is 2. The normalized spacial score (nSPS) is 10.6. The van der Waals surface area contributed by atoms with Crippen molar-refractivity contribution in [3.63, 3.8) is 0 Å². The molecule has 2 aromatic rings. The fraction of sp³-hybridized carbons (Fsp3) is 0.375. The number of benzene rings is 1. The van der Waals surface area contributed by atoms with E-state index in [2.05, 4.69) is 17.8 Å². The lowest BCUT2D eigenvalue weighted by molar-refractivity contribution is -0.122. The van der Waals surface area contributed by atoms with Gasteiger partial charge in [0.1, 0.15) is 5.58 Å². The summed E-state index contributed by atoms with van der Waals surface area (Å²) in [5, 5.41) is 0.900. The Morgan fingerprint density at radius 1 is 1.14 bits per heavy atom. The number of carbonyl (C=O) groups is 2. The Morgan fingerprint density at radius 3 is 2.62 bits per heavy atom. The zero-order valence-electron chi connectivity index (χ0n) is 12.4. The molecule has 0 saturated carbocycles. The van der Waals surface area contributed by atoms with Gasteiger partial charge in [0.2, 0.25) is 5.91 Å². The molecule has 1 aromatic heterocycles. The molecule has 5 nitrogen and oxygen atoms in total. The highest BCUT2D eigenvalue weighted by atomic mass is 16.3. The third-order valence-corrected chi connectivity index (χ3v) is 3.37. The summed E-state index contributed by atoms with van der Waals surface area (Å²) in [4.78, 5) is 23.6. The lowest BCUT2D eigenvalue weighted by Gasteiger charge is -2.06. The first-order chi connectivity index (χ1) is 10.1. The van der Waals surface area contributed by atoms with Crippen molar-refractivity contribution in [2.24, 2.45) is 0 Å². The van der Waals surface area contributed by atoms with Crippen molar-refractivity contribution in [1.82, 2.24) is 10.9 Å². The second-order valence-electron chi connectivity index (χ2n) is 5.01. The Bertz CT molecular complexity index is 646. The maximum absolute atomic E-state index is 12.0. The van der Waals surface area contributed by atoms with Crippen molar-refractivity contribution < 1.29 is 14.0 Å². The van der Waals surface area contributed by atoms with Crippen LogP contribution in [-0.4, -0.2) is 11.8 Å². The van der Waals surface area contributed by atoms with E-state index in [9.17, 15) is 9.59 Å². The number of rotatable bonds is 5. The highest BCUT2D eigenvalue weighted by molar-refractivity contribution is 5.99. The minimum Gasteiger partial charge on any atom is -0.451 e. The summed E-state index contributed by atoms with van der Waals surface area (Å²) in [5.41, 5.74) is 6.24. The first-order valence-corrected chi connectivity index (χ1v) is 7.20. The van der Waals surface area contributed by atoms with Crippen LogP contribution in [0, 0.1) is 6.92 Å². The molecule has 5 heteroatoms. The van der Waals surface area contributed by atoms with Crippen molar-refractivity contribution in [3.8, 4) is 0 Å². The average Bonchev–Trinajstić information content (AvgIpc) is 2.83. The number of aryl methyl sites for hydroxylation is 1. The first kappa shape index (κ1) is 15.1. The Morgan fingerprint density at radius 2 is 1.90 bits per heavy atom. The van der Waals surface area contributed by atoms with Crippen molar-refractivity contribution in [2.45, 2.75) is 39.5 Å². The molecule has 2 amide bonds. The highest BCUT2D eigenvalue weighted by Gasteiger charge is 2.17. The zero-order valence-corrected chi connectivity index (χ0v) is 12.4. The molecule has 112 valence electrons. The SMILES string of the molecule is CCCCCC(=O)NNC(=O)c1oc2ccccc2c1C. The van der Waals surface area contributed by atoms with E-state index in [-0.39, 0.29) is 11.7 Å². The summed E-state index contributed by atoms with van der Waals surface area (Å²) >= 11 is 0. The van der Waals surface area contributed by atoms with Gasteiger partial charge in [-0.2, -0.15) is 0 Å². The Labute approximate surface area is 123 Å². The second-order valence-corrected chi connectivity index (χ2v) is 5.01. The van der Waals surface area contributed by atoms with Gasteiger partial charge in [-0.15, -0.1) is 0 Å². The zero-order chi connectivity index (χ0) is 15.2. The van der Waals surface area contributed by atoms with Gasteiger partial charge in [-0.1, -0.05) is 38.0 Å². The van der Waals surface area contributed by atoms with Crippen LogP contribution in [0.4, 0.5) is 0 Å². The lowest BCUT2D eigenvalue weighted by atomic mass is 10.1. The molecule has 1 aromatic carbocycles. The van der Waals surface area contributed by atoms with Crippen LogP contribution in [0.5, 0.6) is 0 Å². The number of nitrogens with one attached hydrogen (secondary N) is 2. The number of para-hydroxylation sites is 1. The van der Waals surface area contributed by atoms with Crippen LogP contribution in [0.1, 0.15) is 48.7 Å². The molecule has 0 spiro atoms. The summed E-state index contributed by atoms with van der Waals surface area (Å²) in [5.74, 6) is -0.400. The van der Waals surface area contributed by atoms with Crippen LogP contribution in [0.3, 0.4) is 0 Å². The van der Waals surface area contributed by atoms with E-state index in [1.165, 1.54) is 0 Å². The van der Waals surface area contributed by atoms with Gasteiger partial charge < -0.3 is 4.42 Å². The van der Waals surface area contributed by atoms with Gasteiger partial charge in [-0.25, -0.2) is 0 Å². The van der Waals surface area contributed by atoms with E-state index in [4.69, 9.17) is 4.42 Å². The van der Waals surface area contributed by atoms with Crippen LogP contribution in [0.25, 0.3) is 11.0 Å². The van der Waals surface area contributed by atoms with Crippen molar-refractivity contribution >= 4 is 22.8 Å². The molecule has 0 saturated heterocycles. The number of hydrogen-bond acceptors (Lipinski definition) is 3. The molecule has 0 bridgehead atoms. The molecule has 0 aliphatic carbocycles. The standard InChI is InChI=1S/C16H20N2O3/c1-3-4-5-10-14(19)17-18-16(20)15-11(2)12-8-6-7-9-13(12)21-15/h6-9H,3-5,10H2,1-2H3,(H,17,19)(H,18,20). The molecule has 0 aliphatic heterocycles. The number of furan rings is 1. The Hall–Kier alpha value is -2.30. The fourth-order valence-electron chi connectivity index (χ4n) is 2.17. The largest absolute Gasteiger partial charge is 0.451 e. The predicted octanol–water partition coefficient (Wildman–Crippen LogP) is 3.08. The summed E-state index contributed by atoms with van der Waals surface area (Å²) in [6.07, 6.45) is 3.29. The topological polar surface area (TPSA) is 71.3 Å². The van der Waals surface area contributed by atoms with E-state index in [1.807, 2.05) is 31.2 Å². The van der Waals surface area contributed by atoms with Gasteiger partial charge in [0.15, 0.2) is 5.76 Å².